The highest BCUT2D eigenvalue weighted by Gasteiger charge is 2.37. The van der Waals surface area contributed by atoms with Gasteiger partial charge >= 0.3 is 0 Å². The highest BCUT2D eigenvalue weighted by Crippen LogP contribution is 2.46. The van der Waals surface area contributed by atoms with Crippen LogP contribution in [-0.4, -0.2) is 30.1 Å². The molecule has 1 saturated carbocycles. The number of rotatable bonds is 3. The van der Waals surface area contributed by atoms with Crippen molar-refractivity contribution in [3.8, 4) is 0 Å². The third-order valence-corrected chi connectivity index (χ3v) is 5.51. The van der Waals surface area contributed by atoms with E-state index in [1.54, 1.807) is 0 Å². The van der Waals surface area contributed by atoms with Crippen molar-refractivity contribution < 1.29 is 0 Å². The molecule has 0 unspecified atom stereocenters. The summed E-state index contributed by atoms with van der Waals surface area (Å²) in [7, 11) is 1.95. The second-order valence-electron chi connectivity index (χ2n) is 6.73. The molecule has 1 aromatic heterocycles. The van der Waals surface area contributed by atoms with E-state index in [1.165, 1.54) is 44.1 Å². The number of nitrogens with zero attached hydrogens (tertiary/aromatic N) is 3. The van der Waals surface area contributed by atoms with Gasteiger partial charge in [-0.05, 0) is 38.0 Å². The lowest BCUT2D eigenvalue weighted by Crippen LogP contribution is -2.39. The Morgan fingerprint density at radius 1 is 1.10 bits per heavy atom. The maximum Gasteiger partial charge on any atom is 0.137 e. The van der Waals surface area contributed by atoms with Crippen molar-refractivity contribution in [3.05, 3.63) is 11.4 Å². The maximum atomic E-state index is 4.81. The summed E-state index contributed by atoms with van der Waals surface area (Å²) in [4.78, 5) is 11.9. The van der Waals surface area contributed by atoms with E-state index in [2.05, 4.69) is 29.0 Å². The van der Waals surface area contributed by atoms with Crippen LogP contribution in [0.2, 0.25) is 0 Å². The molecule has 21 heavy (non-hydrogen) atoms. The smallest absolute Gasteiger partial charge is 0.137 e. The monoisotopic (exact) mass is 288 g/mol. The molecule has 0 radical (unpaired) electrons. The molecule has 116 valence electrons. The average molecular weight is 288 g/mol. The zero-order valence-electron chi connectivity index (χ0n) is 13.7. The van der Waals surface area contributed by atoms with E-state index in [9.17, 15) is 0 Å². The topological polar surface area (TPSA) is 41.1 Å². The molecule has 2 aliphatic rings. The van der Waals surface area contributed by atoms with Gasteiger partial charge in [-0.1, -0.05) is 19.8 Å². The zero-order valence-corrected chi connectivity index (χ0v) is 13.7. The summed E-state index contributed by atoms with van der Waals surface area (Å²) >= 11 is 0. The first-order valence-corrected chi connectivity index (χ1v) is 8.48. The lowest BCUT2D eigenvalue weighted by molar-refractivity contribution is 0.226. The van der Waals surface area contributed by atoms with Crippen LogP contribution in [0.5, 0.6) is 0 Å². The normalized spacial score (nSPS) is 21.0. The van der Waals surface area contributed by atoms with Crippen molar-refractivity contribution in [2.45, 2.75) is 58.8 Å². The summed E-state index contributed by atoms with van der Waals surface area (Å²) in [5, 5.41) is 3.22. The van der Waals surface area contributed by atoms with Gasteiger partial charge in [-0.3, -0.25) is 0 Å². The van der Waals surface area contributed by atoms with Crippen LogP contribution >= 0.6 is 0 Å². The minimum absolute atomic E-state index is 0.664. The fourth-order valence-electron chi connectivity index (χ4n) is 4.08. The van der Waals surface area contributed by atoms with Gasteiger partial charge in [0.2, 0.25) is 0 Å². The number of aryl methyl sites for hydroxylation is 1. The summed E-state index contributed by atoms with van der Waals surface area (Å²) in [5.41, 5.74) is 1.86. The molecule has 3 rings (SSSR count). The number of aromatic nitrogens is 2. The molecule has 1 aliphatic heterocycles. The van der Waals surface area contributed by atoms with Gasteiger partial charge in [0.15, 0.2) is 0 Å². The quantitative estimate of drug-likeness (QED) is 0.923. The minimum atomic E-state index is 0.664. The molecular formula is C17H28N4. The molecular weight excluding hydrogens is 260 g/mol. The Morgan fingerprint density at radius 2 is 1.76 bits per heavy atom. The van der Waals surface area contributed by atoms with E-state index in [1.807, 2.05) is 7.05 Å². The number of nitrogens with one attached hydrogen (secondary N) is 1. The van der Waals surface area contributed by atoms with Crippen molar-refractivity contribution in [1.29, 1.82) is 0 Å². The first-order chi connectivity index (χ1) is 10.2. The molecule has 2 fully saturated rings. The van der Waals surface area contributed by atoms with Gasteiger partial charge in [0.05, 0.1) is 0 Å². The van der Waals surface area contributed by atoms with Crippen LogP contribution in [0.25, 0.3) is 0 Å². The van der Waals surface area contributed by atoms with E-state index in [0.29, 0.717) is 5.41 Å². The van der Waals surface area contributed by atoms with E-state index >= 15 is 0 Å². The Balaban J connectivity index is 1.81. The number of hydrogen-bond donors (Lipinski definition) is 1. The molecule has 4 heteroatoms. The van der Waals surface area contributed by atoms with Crippen molar-refractivity contribution >= 4 is 11.6 Å². The number of hydrogen-bond acceptors (Lipinski definition) is 4. The van der Waals surface area contributed by atoms with Gasteiger partial charge in [-0.25, -0.2) is 9.97 Å². The predicted molar refractivity (Wildman–Crippen MR) is 88.0 cm³/mol. The summed E-state index contributed by atoms with van der Waals surface area (Å²) in [6.07, 6.45) is 9.35. The van der Waals surface area contributed by atoms with Gasteiger partial charge in [0.1, 0.15) is 17.5 Å². The van der Waals surface area contributed by atoms with Crippen LogP contribution in [0.3, 0.4) is 0 Å². The van der Waals surface area contributed by atoms with Crippen molar-refractivity contribution in [2.75, 3.05) is 30.4 Å². The van der Waals surface area contributed by atoms with Gasteiger partial charge in [0, 0.05) is 32.1 Å². The summed E-state index contributed by atoms with van der Waals surface area (Å²) in [6, 6.07) is 0. The average Bonchev–Trinajstić information content (AvgIpc) is 2.97. The third kappa shape index (κ3) is 2.72. The first-order valence-electron chi connectivity index (χ1n) is 8.48. The Hall–Kier alpha value is -1.32. The molecule has 1 aromatic rings. The van der Waals surface area contributed by atoms with Crippen LogP contribution in [0, 0.1) is 12.3 Å². The molecule has 1 aliphatic carbocycles. The number of anilines is 2. The molecule has 0 amide bonds. The summed E-state index contributed by atoms with van der Waals surface area (Å²) in [6.45, 7) is 6.58. The molecule has 0 aromatic carbocycles. The summed E-state index contributed by atoms with van der Waals surface area (Å²) in [5.74, 6) is 3.08. The Labute approximate surface area is 128 Å². The van der Waals surface area contributed by atoms with Crippen molar-refractivity contribution in [3.63, 3.8) is 0 Å². The zero-order chi connectivity index (χ0) is 14.9. The van der Waals surface area contributed by atoms with Gasteiger partial charge < -0.3 is 10.2 Å². The lowest BCUT2D eigenvalue weighted by atomic mass is 9.77. The first kappa shape index (κ1) is 14.6. The fourth-order valence-corrected chi connectivity index (χ4v) is 4.08. The lowest BCUT2D eigenvalue weighted by Gasteiger charge is -2.40. The highest BCUT2D eigenvalue weighted by molar-refractivity contribution is 5.58. The second kappa shape index (κ2) is 5.82. The molecule has 4 nitrogen and oxygen atoms in total. The van der Waals surface area contributed by atoms with E-state index in [0.717, 1.165) is 37.0 Å². The largest absolute Gasteiger partial charge is 0.373 e. The molecule has 1 saturated heterocycles. The second-order valence-corrected chi connectivity index (χ2v) is 6.73. The van der Waals surface area contributed by atoms with Crippen LogP contribution < -0.4 is 10.2 Å². The maximum absolute atomic E-state index is 4.81. The van der Waals surface area contributed by atoms with Crippen LogP contribution in [-0.2, 0) is 6.42 Å². The molecule has 2 heterocycles. The van der Waals surface area contributed by atoms with Crippen molar-refractivity contribution in [2.24, 2.45) is 5.41 Å². The Bertz CT molecular complexity index is 496. The highest BCUT2D eigenvalue weighted by atomic mass is 15.2. The van der Waals surface area contributed by atoms with E-state index in [-0.39, 0.29) is 0 Å². The van der Waals surface area contributed by atoms with Crippen molar-refractivity contribution in [1.82, 2.24) is 9.97 Å². The van der Waals surface area contributed by atoms with Crippen LogP contribution in [0.15, 0.2) is 0 Å². The fraction of sp³-hybridized carbons (Fsp3) is 0.765. The molecule has 1 spiro atoms. The Morgan fingerprint density at radius 3 is 2.33 bits per heavy atom. The standard InChI is InChI=1S/C17H28N4/c1-4-14-19-15(18-3)13(2)16(20-14)21-11-9-17(10-12-21)7-5-6-8-17/h4-12H2,1-3H3,(H,18,19,20). The Kier molecular flexibility index (Phi) is 4.05. The summed E-state index contributed by atoms with van der Waals surface area (Å²) < 4.78 is 0. The number of piperidine rings is 1. The molecule has 0 bridgehead atoms. The SMILES string of the molecule is CCc1nc(NC)c(C)c(N2CCC3(CCCC3)CC2)n1. The van der Waals surface area contributed by atoms with Crippen LogP contribution in [0.4, 0.5) is 11.6 Å². The van der Waals surface area contributed by atoms with Gasteiger partial charge in [0.25, 0.3) is 0 Å². The molecule has 1 N–H and O–H groups in total. The van der Waals surface area contributed by atoms with E-state index < -0.39 is 0 Å². The van der Waals surface area contributed by atoms with Crippen LogP contribution in [0.1, 0.15) is 56.8 Å². The third-order valence-electron chi connectivity index (χ3n) is 5.51. The predicted octanol–water partition coefficient (Wildman–Crippen LogP) is 3.55. The van der Waals surface area contributed by atoms with E-state index in [4.69, 9.17) is 4.98 Å². The minimum Gasteiger partial charge on any atom is -0.373 e. The van der Waals surface area contributed by atoms with Gasteiger partial charge in [-0.15, -0.1) is 0 Å². The van der Waals surface area contributed by atoms with Gasteiger partial charge in [-0.2, -0.15) is 0 Å². The molecule has 0 atom stereocenters.